The number of fused-ring (bicyclic) bond motifs is 1. The molecule has 0 aliphatic carbocycles. The van der Waals surface area contributed by atoms with Crippen molar-refractivity contribution < 1.29 is 9.90 Å². The summed E-state index contributed by atoms with van der Waals surface area (Å²) >= 11 is 0. The molecule has 1 aromatic heterocycles. The molecule has 0 radical (unpaired) electrons. The van der Waals surface area contributed by atoms with E-state index in [2.05, 4.69) is 6.58 Å². The zero-order valence-electron chi connectivity index (χ0n) is 10.5. The monoisotopic (exact) mass is 257 g/mol. The minimum atomic E-state index is -1.19. The van der Waals surface area contributed by atoms with Gasteiger partial charge >= 0.3 is 5.97 Å². The first-order chi connectivity index (χ1) is 9.15. The van der Waals surface area contributed by atoms with Crippen LogP contribution in [-0.4, -0.2) is 15.6 Å². The van der Waals surface area contributed by atoms with Crippen LogP contribution in [0.1, 0.15) is 23.2 Å². The second-order valence-corrected chi connectivity index (χ2v) is 4.32. The number of aryl methyl sites for hydroxylation is 1. The Labute approximate surface area is 110 Å². The Morgan fingerprint density at radius 3 is 2.79 bits per heavy atom. The van der Waals surface area contributed by atoms with Gasteiger partial charge in [0, 0.05) is 18.1 Å². The van der Waals surface area contributed by atoms with E-state index in [9.17, 15) is 9.59 Å². The van der Waals surface area contributed by atoms with E-state index in [0.29, 0.717) is 11.9 Å². The Hall–Kier alpha value is -2.36. The summed E-state index contributed by atoms with van der Waals surface area (Å²) in [6, 6.07) is 7.07. The average Bonchev–Trinajstić information content (AvgIpc) is 2.41. The lowest BCUT2D eigenvalue weighted by atomic mass is 10.1. The fourth-order valence-electron chi connectivity index (χ4n) is 2.09. The molecule has 98 valence electrons. The number of pyridine rings is 1. The first-order valence-electron chi connectivity index (χ1n) is 6.11. The van der Waals surface area contributed by atoms with Crippen molar-refractivity contribution in [3.63, 3.8) is 0 Å². The van der Waals surface area contributed by atoms with E-state index in [4.69, 9.17) is 5.11 Å². The summed E-state index contributed by atoms with van der Waals surface area (Å²) in [5.74, 6) is -1.19. The summed E-state index contributed by atoms with van der Waals surface area (Å²) in [7, 11) is 0. The molecule has 4 nitrogen and oxygen atoms in total. The van der Waals surface area contributed by atoms with Gasteiger partial charge in [0.2, 0.25) is 5.43 Å². The number of benzene rings is 1. The normalized spacial score (nSPS) is 10.5. The Morgan fingerprint density at radius 2 is 2.11 bits per heavy atom. The van der Waals surface area contributed by atoms with Crippen molar-refractivity contribution in [3.8, 4) is 0 Å². The van der Waals surface area contributed by atoms with Crippen LogP contribution >= 0.6 is 0 Å². The molecule has 19 heavy (non-hydrogen) atoms. The summed E-state index contributed by atoms with van der Waals surface area (Å²) in [6.45, 7) is 4.32. The molecule has 1 aromatic carbocycles. The lowest BCUT2D eigenvalue weighted by molar-refractivity contribution is 0.0695. The van der Waals surface area contributed by atoms with Crippen LogP contribution in [0.15, 0.2) is 47.9 Å². The zero-order valence-corrected chi connectivity index (χ0v) is 10.5. The highest BCUT2D eigenvalue weighted by molar-refractivity contribution is 5.92. The second-order valence-electron chi connectivity index (χ2n) is 4.32. The molecule has 2 aromatic rings. The maximum Gasteiger partial charge on any atom is 0.341 e. The molecule has 0 bridgehead atoms. The highest BCUT2D eigenvalue weighted by Crippen LogP contribution is 2.13. The van der Waals surface area contributed by atoms with Crippen molar-refractivity contribution in [3.05, 3.63) is 58.9 Å². The second kappa shape index (κ2) is 5.52. The number of carbonyl (C=O) groups is 1. The van der Waals surface area contributed by atoms with Crippen molar-refractivity contribution in [1.82, 2.24) is 4.57 Å². The Bertz CT molecular complexity index is 685. The molecule has 0 atom stereocenters. The molecule has 0 amide bonds. The molecule has 1 N–H and O–H groups in total. The predicted octanol–water partition coefficient (Wildman–Crippen LogP) is 2.67. The van der Waals surface area contributed by atoms with Gasteiger partial charge in [0.05, 0.1) is 5.52 Å². The van der Waals surface area contributed by atoms with Gasteiger partial charge in [-0.1, -0.05) is 18.2 Å². The lowest BCUT2D eigenvalue weighted by Gasteiger charge is -2.11. The van der Waals surface area contributed by atoms with E-state index in [-0.39, 0.29) is 5.56 Å². The van der Waals surface area contributed by atoms with E-state index in [0.717, 1.165) is 18.4 Å². The van der Waals surface area contributed by atoms with Crippen LogP contribution < -0.4 is 5.43 Å². The first kappa shape index (κ1) is 13.1. The summed E-state index contributed by atoms with van der Waals surface area (Å²) < 4.78 is 1.82. The van der Waals surface area contributed by atoms with Crippen molar-refractivity contribution in [2.45, 2.75) is 19.4 Å². The third-order valence-electron chi connectivity index (χ3n) is 3.03. The standard InChI is InChI=1S/C15H15NO3/c1-2-3-6-9-16-10-12(15(18)19)14(17)11-7-4-5-8-13(11)16/h2,4-5,7-8,10H,1,3,6,9H2,(H,18,19). The number of allylic oxidation sites excluding steroid dienone is 1. The quantitative estimate of drug-likeness (QED) is 0.661. The highest BCUT2D eigenvalue weighted by Gasteiger charge is 2.13. The minimum absolute atomic E-state index is 0.183. The van der Waals surface area contributed by atoms with Gasteiger partial charge in [0.25, 0.3) is 0 Å². The molecular formula is C15H15NO3. The Balaban J connectivity index is 2.61. The number of rotatable bonds is 5. The summed E-state index contributed by atoms with van der Waals surface area (Å²) in [6.07, 6.45) is 4.96. The van der Waals surface area contributed by atoms with Crippen molar-refractivity contribution in [2.75, 3.05) is 0 Å². The summed E-state index contributed by atoms with van der Waals surface area (Å²) in [5, 5.41) is 9.54. The molecule has 0 saturated carbocycles. The number of carboxylic acids is 1. The fourth-order valence-corrected chi connectivity index (χ4v) is 2.09. The van der Waals surface area contributed by atoms with Crippen LogP contribution in [0.5, 0.6) is 0 Å². The number of nitrogens with zero attached hydrogens (tertiary/aromatic N) is 1. The van der Waals surface area contributed by atoms with Crippen molar-refractivity contribution in [2.24, 2.45) is 0 Å². The maximum absolute atomic E-state index is 12.0. The van der Waals surface area contributed by atoms with Gasteiger partial charge in [-0.05, 0) is 25.0 Å². The largest absolute Gasteiger partial charge is 0.477 e. The van der Waals surface area contributed by atoms with Crippen molar-refractivity contribution >= 4 is 16.9 Å². The van der Waals surface area contributed by atoms with Gasteiger partial charge in [-0.3, -0.25) is 4.79 Å². The van der Waals surface area contributed by atoms with E-state index in [1.807, 2.05) is 22.8 Å². The molecule has 0 unspecified atom stereocenters. The third kappa shape index (κ3) is 2.57. The topological polar surface area (TPSA) is 59.3 Å². The molecule has 0 aliphatic rings. The van der Waals surface area contributed by atoms with Gasteiger partial charge in [-0.25, -0.2) is 4.79 Å². The number of carboxylic acid groups (broad SMARTS) is 1. The average molecular weight is 257 g/mol. The number of hydrogen-bond donors (Lipinski definition) is 1. The number of aromatic nitrogens is 1. The van der Waals surface area contributed by atoms with Crippen LogP contribution in [0.2, 0.25) is 0 Å². The third-order valence-corrected chi connectivity index (χ3v) is 3.03. The maximum atomic E-state index is 12.0. The lowest BCUT2D eigenvalue weighted by Crippen LogP contribution is -2.18. The van der Waals surface area contributed by atoms with E-state index >= 15 is 0 Å². The smallest absolute Gasteiger partial charge is 0.341 e. The highest BCUT2D eigenvalue weighted by atomic mass is 16.4. The number of aromatic carboxylic acids is 1. The molecular weight excluding hydrogens is 242 g/mol. The van der Waals surface area contributed by atoms with Crippen LogP contribution in [-0.2, 0) is 6.54 Å². The number of unbranched alkanes of at least 4 members (excludes halogenated alkanes) is 1. The van der Waals surface area contributed by atoms with Crippen LogP contribution in [0.4, 0.5) is 0 Å². The zero-order chi connectivity index (χ0) is 13.8. The SMILES string of the molecule is C=CCCCn1cc(C(=O)O)c(=O)c2ccccc21. The molecule has 4 heteroatoms. The van der Waals surface area contributed by atoms with Gasteiger partial charge < -0.3 is 9.67 Å². The number of para-hydroxylation sites is 1. The summed E-state index contributed by atoms with van der Waals surface area (Å²) in [5.41, 5.74) is 0.155. The predicted molar refractivity (Wildman–Crippen MR) is 74.6 cm³/mol. The van der Waals surface area contributed by atoms with Gasteiger partial charge in [0.15, 0.2) is 0 Å². The number of hydrogen-bond acceptors (Lipinski definition) is 2. The van der Waals surface area contributed by atoms with E-state index in [1.165, 1.54) is 6.20 Å². The van der Waals surface area contributed by atoms with Crippen LogP contribution in [0.3, 0.4) is 0 Å². The van der Waals surface area contributed by atoms with E-state index in [1.54, 1.807) is 12.1 Å². The summed E-state index contributed by atoms with van der Waals surface area (Å²) in [4.78, 5) is 23.2. The van der Waals surface area contributed by atoms with E-state index < -0.39 is 11.4 Å². The molecule has 0 spiro atoms. The van der Waals surface area contributed by atoms with Crippen molar-refractivity contribution in [1.29, 1.82) is 0 Å². The first-order valence-corrected chi connectivity index (χ1v) is 6.11. The molecule has 0 aliphatic heterocycles. The molecule has 2 rings (SSSR count). The van der Waals surface area contributed by atoms with Gasteiger partial charge in [0.1, 0.15) is 5.56 Å². The molecule has 0 saturated heterocycles. The molecule has 1 heterocycles. The van der Waals surface area contributed by atoms with Crippen LogP contribution in [0.25, 0.3) is 10.9 Å². The van der Waals surface area contributed by atoms with Crippen LogP contribution in [0, 0.1) is 0 Å². The van der Waals surface area contributed by atoms with Gasteiger partial charge in [-0.15, -0.1) is 6.58 Å². The Morgan fingerprint density at radius 1 is 1.37 bits per heavy atom. The Kier molecular flexibility index (Phi) is 3.80. The minimum Gasteiger partial charge on any atom is -0.477 e. The fraction of sp³-hybridized carbons (Fsp3) is 0.200. The molecule has 0 fully saturated rings. The van der Waals surface area contributed by atoms with Gasteiger partial charge in [-0.2, -0.15) is 0 Å².